The van der Waals surface area contributed by atoms with E-state index in [-0.39, 0.29) is 0 Å². The molecule has 6 aromatic carbocycles. The lowest BCUT2D eigenvalue weighted by Gasteiger charge is -2.03. The zero-order valence-electron chi connectivity index (χ0n) is 23.5. The molecule has 0 atom stereocenters. The lowest BCUT2D eigenvalue weighted by atomic mass is 9.79. The molecular formula is C36H28BBrN2O4. The van der Waals surface area contributed by atoms with Crippen molar-refractivity contribution < 1.29 is 18.9 Å². The van der Waals surface area contributed by atoms with Crippen molar-refractivity contribution in [1.82, 2.24) is 0 Å². The summed E-state index contributed by atoms with van der Waals surface area (Å²) in [5.74, 6) is 0. The lowest BCUT2D eigenvalue weighted by Crippen LogP contribution is -2.29. The van der Waals surface area contributed by atoms with Crippen molar-refractivity contribution >= 4 is 83.8 Å². The molecule has 216 valence electrons. The molecular weight excluding hydrogens is 615 g/mol. The molecule has 2 heterocycles. The third-order valence-electron chi connectivity index (χ3n) is 7.21. The maximum absolute atomic E-state index is 9.24. The minimum Gasteiger partial charge on any atom is -0.456 e. The third-order valence-corrected chi connectivity index (χ3v) is 7.74. The standard InChI is InChI=1S/C18H13NO.C12H9BO3.C6H6BrN/c19-13-10-8-12(9-11-13)14-5-3-6-16-15-4-1-2-7-17(15)20-18(14)16;14-13(15)10-6-3-5-9-8-4-1-2-7-11(8)16-12(9)10;7-5-1-3-6(8)4-2-5/h1-11H,19H2;1-7,14-15H;1-4H,8H2. The van der Waals surface area contributed by atoms with Gasteiger partial charge < -0.3 is 30.3 Å². The zero-order chi connectivity index (χ0) is 30.6. The van der Waals surface area contributed by atoms with Gasteiger partial charge in [-0.25, -0.2) is 0 Å². The van der Waals surface area contributed by atoms with E-state index >= 15 is 0 Å². The molecule has 2 aromatic heterocycles. The summed E-state index contributed by atoms with van der Waals surface area (Å²) in [7, 11) is -1.51. The normalized spacial score (nSPS) is 10.8. The maximum Gasteiger partial charge on any atom is 0.492 e. The van der Waals surface area contributed by atoms with Crippen LogP contribution in [0.4, 0.5) is 11.4 Å². The highest BCUT2D eigenvalue weighted by molar-refractivity contribution is 9.10. The highest BCUT2D eigenvalue weighted by atomic mass is 79.9. The van der Waals surface area contributed by atoms with Crippen LogP contribution in [0.5, 0.6) is 0 Å². The number of rotatable bonds is 2. The van der Waals surface area contributed by atoms with Crippen molar-refractivity contribution in [3.05, 3.63) is 138 Å². The van der Waals surface area contributed by atoms with E-state index in [0.717, 1.165) is 65.3 Å². The predicted molar refractivity (Wildman–Crippen MR) is 186 cm³/mol. The molecule has 0 aliphatic rings. The van der Waals surface area contributed by atoms with Crippen LogP contribution in [0.25, 0.3) is 55.0 Å². The minimum absolute atomic E-state index is 0.397. The predicted octanol–water partition coefficient (Wildman–Crippen LogP) is 8.13. The minimum atomic E-state index is -1.51. The second-order valence-electron chi connectivity index (χ2n) is 10.1. The van der Waals surface area contributed by atoms with Crippen LogP contribution in [0.2, 0.25) is 0 Å². The third kappa shape index (κ3) is 6.05. The van der Waals surface area contributed by atoms with E-state index in [4.69, 9.17) is 20.3 Å². The fraction of sp³-hybridized carbons (Fsp3) is 0. The Kier molecular flexibility index (Phi) is 8.39. The van der Waals surface area contributed by atoms with E-state index in [1.165, 1.54) is 0 Å². The fourth-order valence-corrected chi connectivity index (χ4v) is 5.34. The molecule has 6 nitrogen and oxygen atoms in total. The summed E-state index contributed by atoms with van der Waals surface area (Å²) in [5, 5.41) is 22.7. The second kappa shape index (κ2) is 12.7. The number of nitrogens with two attached hydrogens (primary N) is 2. The van der Waals surface area contributed by atoms with Crippen molar-refractivity contribution in [2.24, 2.45) is 0 Å². The maximum atomic E-state index is 9.24. The number of anilines is 2. The summed E-state index contributed by atoms with van der Waals surface area (Å²) in [4.78, 5) is 0. The Morgan fingerprint density at radius 2 is 0.977 bits per heavy atom. The van der Waals surface area contributed by atoms with Crippen molar-refractivity contribution in [3.8, 4) is 11.1 Å². The van der Waals surface area contributed by atoms with Crippen LogP contribution in [0, 0.1) is 0 Å². The van der Waals surface area contributed by atoms with Crippen molar-refractivity contribution in [1.29, 1.82) is 0 Å². The first-order valence-corrected chi connectivity index (χ1v) is 14.7. The van der Waals surface area contributed by atoms with E-state index in [2.05, 4.69) is 40.2 Å². The SMILES string of the molecule is Nc1ccc(-c2cccc3c2oc2ccccc23)cc1.Nc1ccc(Br)cc1.OB(O)c1cccc2c1oc1ccccc12. The van der Waals surface area contributed by atoms with E-state index < -0.39 is 7.12 Å². The summed E-state index contributed by atoms with van der Waals surface area (Å²) < 4.78 is 12.7. The topological polar surface area (TPSA) is 119 Å². The van der Waals surface area contributed by atoms with Crippen molar-refractivity contribution in [2.45, 2.75) is 0 Å². The van der Waals surface area contributed by atoms with Crippen LogP contribution in [0.15, 0.2) is 147 Å². The van der Waals surface area contributed by atoms with Gasteiger partial charge in [-0.1, -0.05) is 101 Å². The molecule has 8 aromatic rings. The molecule has 0 radical (unpaired) electrons. The van der Waals surface area contributed by atoms with Gasteiger partial charge in [0.15, 0.2) is 0 Å². The van der Waals surface area contributed by atoms with Gasteiger partial charge in [0.25, 0.3) is 0 Å². The molecule has 0 spiro atoms. The Hall–Kier alpha value is -5.02. The van der Waals surface area contributed by atoms with Crippen LogP contribution >= 0.6 is 15.9 Å². The van der Waals surface area contributed by atoms with Gasteiger partial charge in [0.2, 0.25) is 0 Å². The largest absolute Gasteiger partial charge is 0.492 e. The average molecular weight is 643 g/mol. The summed E-state index contributed by atoms with van der Waals surface area (Å²) in [6.45, 7) is 0. The number of furan rings is 2. The Morgan fingerprint density at radius 1 is 0.500 bits per heavy atom. The Labute approximate surface area is 262 Å². The molecule has 0 bridgehead atoms. The molecule has 0 saturated heterocycles. The van der Waals surface area contributed by atoms with Gasteiger partial charge >= 0.3 is 7.12 Å². The zero-order valence-corrected chi connectivity index (χ0v) is 25.1. The molecule has 0 amide bonds. The van der Waals surface area contributed by atoms with Crippen LogP contribution < -0.4 is 16.9 Å². The number of nitrogen functional groups attached to an aromatic ring is 2. The van der Waals surface area contributed by atoms with Gasteiger partial charge in [-0.05, 0) is 54.1 Å². The van der Waals surface area contributed by atoms with E-state index in [1.807, 2.05) is 97.1 Å². The van der Waals surface area contributed by atoms with Gasteiger partial charge in [-0.3, -0.25) is 0 Å². The molecule has 6 N–H and O–H groups in total. The monoisotopic (exact) mass is 642 g/mol. The fourth-order valence-electron chi connectivity index (χ4n) is 5.07. The first-order valence-electron chi connectivity index (χ1n) is 13.9. The van der Waals surface area contributed by atoms with E-state index in [0.29, 0.717) is 11.0 Å². The van der Waals surface area contributed by atoms with E-state index in [9.17, 15) is 10.0 Å². The number of fused-ring (bicyclic) bond motifs is 6. The number of halogens is 1. The Bertz CT molecular complexity index is 2170. The number of para-hydroxylation sites is 4. The van der Waals surface area contributed by atoms with Crippen LogP contribution in [-0.4, -0.2) is 17.2 Å². The first-order chi connectivity index (χ1) is 21.4. The van der Waals surface area contributed by atoms with Crippen LogP contribution in [0.1, 0.15) is 0 Å². The van der Waals surface area contributed by atoms with Gasteiger partial charge in [-0.2, -0.15) is 0 Å². The molecule has 0 fully saturated rings. The highest BCUT2D eigenvalue weighted by Gasteiger charge is 2.18. The second-order valence-corrected chi connectivity index (χ2v) is 11.1. The average Bonchev–Trinajstić information content (AvgIpc) is 3.62. The summed E-state index contributed by atoms with van der Waals surface area (Å²) >= 11 is 3.29. The summed E-state index contributed by atoms with van der Waals surface area (Å²) in [6, 6.07) is 42.8. The molecule has 8 heteroatoms. The van der Waals surface area contributed by atoms with Crippen LogP contribution in [-0.2, 0) is 0 Å². The lowest BCUT2D eigenvalue weighted by molar-refractivity contribution is 0.425. The van der Waals surface area contributed by atoms with Gasteiger partial charge in [-0.15, -0.1) is 0 Å². The smallest absolute Gasteiger partial charge is 0.456 e. The number of hydrogen-bond donors (Lipinski definition) is 4. The molecule has 0 unspecified atom stereocenters. The van der Waals surface area contributed by atoms with Gasteiger partial charge in [0.1, 0.15) is 22.3 Å². The van der Waals surface area contributed by atoms with Crippen molar-refractivity contribution in [2.75, 3.05) is 11.5 Å². The summed E-state index contributed by atoms with van der Waals surface area (Å²) in [5.41, 5.74) is 18.5. The first kappa shape index (κ1) is 29.1. The van der Waals surface area contributed by atoms with Crippen LogP contribution in [0.3, 0.4) is 0 Å². The molecule has 0 saturated carbocycles. The van der Waals surface area contributed by atoms with Gasteiger partial charge in [0, 0.05) is 48.4 Å². The molecule has 8 rings (SSSR count). The van der Waals surface area contributed by atoms with Gasteiger partial charge in [0.05, 0.1) is 0 Å². The number of benzene rings is 6. The number of hydrogen-bond acceptors (Lipinski definition) is 6. The molecule has 0 aliphatic heterocycles. The molecule has 0 aliphatic carbocycles. The van der Waals surface area contributed by atoms with Crippen molar-refractivity contribution in [3.63, 3.8) is 0 Å². The quantitative estimate of drug-likeness (QED) is 0.112. The van der Waals surface area contributed by atoms with E-state index in [1.54, 1.807) is 12.1 Å². The Balaban J connectivity index is 0.000000128. The summed E-state index contributed by atoms with van der Waals surface area (Å²) in [6.07, 6.45) is 0. The Morgan fingerprint density at radius 3 is 1.55 bits per heavy atom. The molecule has 44 heavy (non-hydrogen) atoms. The highest BCUT2D eigenvalue weighted by Crippen LogP contribution is 2.35.